The molecule has 4 heteroatoms. The predicted molar refractivity (Wildman–Crippen MR) is 80.7 cm³/mol. The van der Waals surface area contributed by atoms with Crippen molar-refractivity contribution in [1.29, 1.82) is 0 Å². The summed E-state index contributed by atoms with van der Waals surface area (Å²) in [5.74, 6) is -0.108. The molecule has 1 aliphatic carbocycles. The molecule has 3 nitrogen and oxygen atoms in total. The number of carbonyl (C=O) groups excluding carboxylic acids is 1. The van der Waals surface area contributed by atoms with Crippen LogP contribution in [0.4, 0.5) is 11.4 Å². The minimum Gasteiger partial charge on any atom is -0.398 e. The number of ketones is 1. The van der Waals surface area contributed by atoms with E-state index in [9.17, 15) is 4.79 Å². The van der Waals surface area contributed by atoms with Crippen LogP contribution in [0.5, 0.6) is 0 Å². The first-order chi connectivity index (χ1) is 9.02. The Balaban J connectivity index is 2.43. The number of fused-ring (bicyclic) bond motifs is 2. The van der Waals surface area contributed by atoms with Crippen molar-refractivity contribution in [3.05, 3.63) is 58.1 Å². The summed E-state index contributed by atoms with van der Waals surface area (Å²) in [4.78, 5) is 13.1. The Hall–Kier alpha value is -2.20. The van der Waals surface area contributed by atoms with Gasteiger partial charge in [0.15, 0.2) is 5.78 Å². The van der Waals surface area contributed by atoms with Crippen LogP contribution < -0.4 is 11.5 Å². The first-order valence-corrected chi connectivity index (χ1v) is 6.30. The van der Waals surface area contributed by atoms with Crippen LogP contribution in [-0.4, -0.2) is 10.6 Å². The first-order valence-electron chi connectivity index (χ1n) is 5.89. The Bertz CT molecular complexity index is 750. The summed E-state index contributed by atoms with van der Waals surface area (Å²) in [6.07, 6.45) is 0. The lowest BCUT2D eigenvalue weighted by Crippen LogP contribution is -2.23. The number of rotatable bonds is 0. The molecule has 0 amide bonds. The normalized spacial score (nSPS) is 13.1. The molecule has 0 fully saturated rings. The van der Waals surface area contributed by atoms with E-state index < -0.39 is 0 Å². The molecule has 2 aromatic carbocycles. The van der Waals surface area contributed by atoms with Crippen LogP contribution in [0.15, 0.2) is 30.3 Å². The third-order valence-corrected chi connectivity index (χ3v) is 3.90. The maximum atomic E-state index is 12.5. The number of hydrogen-bond donors (Lipinski definition) is 2. The molecule has 0 spiro atoms. The summed E-state index contributed by atoms with van der Waals surface area (Å²) in [7, 11) is 0. The lowest BCUT2D eigenvalue weighted by atomic mass is 9.82. The third kappa shape index (κ3) is 1.50. The largest absolute Gasteiger partial charge is 0.398 e. The van der Waals surface area contributed by atoms with Crippen molar-refractivity contribution >= 4 is 34.2 Å². The molecule has 0 aliphatic heterocycles. The molecule has 0 unspecified atom stereocenters. The fourth-order valence-electron chi connectivity index (χ4n) is 2.49. The monoisotopic (exact) mass is 268 g/mol. The zero-order chi connectivity index (χ0) is 13.7. The van der Waals surface area contributed by atoms with Crippen molar-refractivity contribution in [2.45, 2.75) is 6.92 Å². The molecular weight excluding hydrogens is 256 g/mol. The summed E-state index contributed by atoms with van der Waals surface area (Å²) in [5, 5.41) is 0. The summed E-state index contributed by atoms with van der Waals surface area (Å²) in [6, 6.07) is 9.01. The number of nitrogen functional groups attached to an aromatic ring is 2. The molecule has 0 aromatic heterocycles. The van der Waals surface area contributed by atoms with Crippen LogP contribution in [-0.2, 0) is 0 Å². The van der Waals surface area contributed by atoms with Crippen molar-refractivity contribution in [1.82, 2.24) is 0 Å². The van der Waals surface area contributed by atoms with Crippen molar-refractivity contribution in [2.75, 3.05) is 11.5 Å². The maximum absolute atomic E-state index is 12.5. The molecule has 4 N–H and O–H groups in total. The highest BCUT2D eigenvalue weighted by molar-refractivity contribution is 7.81. The quantitative estimate of drug-likeness (QED) is 0.485. The van der Waals surface area contributed by atoms with Crippen LogP contribution in [0, 0.1) is 6.92 Å². The highest BCUT2D eigenvalue weighted by Crippen LogP contribution is 2.36. The van der Waals surface area contributed by atoms with Gasteiger partial charge < -0.3 is 11.5 Å². The molecule has 1 aliphatic rings. The minimum atomic E-state index is -0.108. The second-order valence-electron chi connectivity index (χ2n) is 4.65. The zero-order valence-corrected chi connectivity index (χ0v) is 11.2. The van der Waals surface area contributed by atoms with Crippen molar-refractivity contribution in [3.63, 3.8) is 0 Å². The van der Waals surface area contributed by atoms with E-state index in [0.717, 1.165) is 11.1 Å². The van der Waals surface area contributed by atoms with Gasteiger partial charge in [0.2, 0.25) is 0 Å². The fourth-order valence-corrected chi connectivity index (χ4v) is 2.88. The third-order valence-electron chi connectivity index (χ3n) is 3.48. The van der Waals surface area contributed by atoms with Crippen LogP contribution in [0.1, 0.15) is 32.6 Å². The standard InChI is InChI=1S/C15H12N2OS/c1-7-6-10(16)11-12(13(7)17)15(19)9-5-3-2-4-8(9)14(11)18/h2-6H,16-17H2,1H3. The van der Waals surface area contributed by atoms with Crippen LogP contribution in [0.2, 0.25) is 0 Å². The van der Waals surface area contributed by atoms with Crippen molar-refractivity contribution < 1.29 is 4.79 Å². The first kappa shape index (κ1) is 11.9. The van der Waals surface area contributed by atoms with Gasteiger partial charge in [0.05, 0.1) is 10.4 Å². The lowest BCUT2D eigenvalue weighted by molar-refractivity contribution is 0.103. The maximum Gasteiger partial charge on any atom is 0.196 e. The SMILES string of the molecule is Cc1cc(N)c2c(c1N)C(=S)c1ccccc1C2=O. The van der Waals surface area contributed by atoms with Gasteiger partial charge in [0, 0.05) is 28.1 Å². The van der Waals surface area contributed by atoms with Crippen molar-refractivity contribution in [3.8, 4) is 0 Å². The van der Waals surface area contributed by atoms with Crippen molar-refractivity contribution in [2.24, 2.45) is 0 Å². The van der Waals surface area contributed by atoms with Gasteiger partial charge in [-0.2, -0.15) is 0 Å². The molecule has 19 heavy (non-hydrogen) atoms. The highest BCUT2D eigenvalue weighted by atomic mass is 32.1. The van der Waals surface area contributed by atoms with E-state index in [4.69, 9.17) is 23.7 Å². The number of benzene rings is 2. The van der Waals surface area contributed by atoms with Gasteiger partial charge in [-0.05, 0) is 18.6 Å². The Kier molecular flexibility index (Phi) is 2.43. The van der Waals surface area contributed by atoms with Crippen LogP contribution >= 0.6 is 12.2 Å². The number of nitrogens with two attached hydrogens (primary N) is 2. The number of hydrogen-bond acceptors (Lipinski definition) is 4. The van der Waals surface area contributed by atoms with Crippen LogP contribution in [0.25, 0.3) is 0 Å². The number of thiocarbonyl (C=S) groups is 1. The van der Waals surface area contributed by atoms with E-state index in [1.807, 2.05) is 25.1 Å². The molecule has 0 atom stereocenters. The summed E-state index contributed by atoms with van der Waals surface area (Å²) < 4.78 is 0. The predicted octanol–water partition coefficient (Wildman–Crippen LogP) is 2.47. The molecule has 2 aromatic rings. The highest BCUT2D eigenvalue weighted by Gasteiger charge is 2.30. The second-order valence-corrected chi connectivity index (χ2v) is 5.06. The zero-order valence-electron chi connectivity index (χ0n) is 10.4. The number of aryl methyl sites for hydroxylation is 1. The van der Waals surface area contributed by atoms with E-state index in [1.165, 1.54) is 0 Å². The van der Waals surface area contributed by atoms with Gasteiger partial charge in [0.1, 0.15) is 0 Å². The van der Waals surface area contributed by atoms with Gasteiger partial charge in [-0.15, -0.1) is 0 Å². The summed E-state index contributed by atoms with van der Waals surface area (Å²) in [5.41, 5.74) is 16.3. The molecule has 0 bridgehead atoms. The molecule has 94 valence electrons. The Morgan fingerprint density at radius 2 is 1.68 bits per heavy atom. The molecule has 0 saturated carbocycles. The summed E-state index contributed by atoms with van der Waals surface area (Å²) >= 11 is 5.49. The molecule has 0 saturated heterocycles. The molecule has 0 radical (unpaired) electrons. The van der Waals surface area contributed by atoms with Crippen LogP contribution in [0.3, 0.4) is 0 Å². The van der Waals surface area contributed by atoms with Gasteiger partial charge in [-0.1, -0.05) is 36.5 Å². The average molecular weight is 268 g/mol. The van der Waals surface area contributed by atoms with Gasteiger partial charge >= 0.3 is 0 Å². The van der Waals surface area contributed by atoms with E-state index in [2.05, 4.69) is 0 Å². The smallest absolute Gasteiger partial charge is 0.196 e. The Morgan fingerprint density at radius 1 is 1.05 bits per heavy atom. The number of carbonyl (C=O) groups is 1. The van der Waals surface area contributed by atoms with E-state index in [-0.39, 0.29) is 5.78 Å². The average Bonchev–Trinajstić information content (AvgIpc) is 2.40. The fraction of sp³-hybridized carbons (Fsp3) is 0.0667. The van der Waals surface area contributed by atoms with E-state index >= 15 is 0 Å². The lowest BCUT2D eigenvalue weighted by Gasteiger charge is -2.23. The van der Waals surface area contributed by atoms with Gasteiger partial charge in [-0.25, -0.2) is 0 Å². The second kappa shape index (κ2) is 3.90. The van der Waals surface area contributed by atoms with Gasteiger partial charge in [0.25, 0.3) is 0 Å². The minimum absolute atomic E-state index is 0.108. The molecule has 0 heterocycles. The van der Waals surface area contributed by atoms with E-state index in [1.54, 1.807) is 12.1 Å². The van der Waals surface area contributed by atoms with E-state index in [0.29, 0.717) is 32.9 Å². The topological polar surface area (TPSA) is 69.1 Å². The molecular formula is C15H12N2OS. The van der Waals surface area contributed by atoms with Gasteiger partial charge in [-0.3, -0.25) is 4.79 Å². The Labute approximate surface area is 116 Å². The summed E-state index contributed by atoms with van der Waals surface area (Å²) in [6.45, 7) is 1.86. The molecule has 3 rings (SSSR count). The Morgan fingerprint density at radius 3 is 2.37 bits per heavy atom. The number of anilines is 2.